The third-order valence-electron chi connectivity index (χ3n) is 6.36. The van der Waals surface area contributed by atoms with Gasteiger partial charge in [0.2, 0.25) is 5.95 Å². The first-order chi connectivity index (χ1) is 16.2. The van der Waals surface area contributed by atoms with Crippen LogP contribution in [0, 0.1) is 5.82 Å². The molecule has 4 aromatic rings. The number of pyridine rings is 1. The number of rotatable bonds is 4. The van der Waals surface area contributed by atoms with Gasteiger partial charge in [0.15, 0.2) is 17.3 Å². The highest BCUT2D eigenvalue weighted by molar-refractivity contribution is 7.92. The first-order valence-corrected chi connectivity index (χ1v) is 13.4. The molecule has 4 heterocycles. The predicted molar refractivity (Wildman–Crippen MR) is 131 cm³/mol. The van der Waals surface area contributed by atoms with Gasteiger partial charge in [-0.3, -0.25) is 9.47 Å². The Hall–Kier alpha value is -3.37. The Balaban J connectivity index is 1.39. The highest BCUT2D eigenvalue weighted by Gasteiger charge is 2.34. The molecule has 10 heteroatoms. The van der Waals surface area contributed by atoms with Gasteiger partial charge in [-0.2, -0.15) is 9.35 Å². The molecule has 0 fully saturated rings. The van der Waals surface area contributed by atoms with Crippen molar-refractivity contribution in [2.75, 3.05) is 24.9 Å². The molecule has 2 aliphatic rings. The van der Waals surface area contributed by atoms with E-state index in [4.69, 9.17) is 0 Å². The Morgan fingerprint density at radius 3 is 2.85 bits per heavy atom. The summed E-state index contributed by atoms with van der Waals surface area (Å²) >= 11 is 0. The van der Waals surface area contributed by atoms with E-state index in [0.29, 0.717) is 34.7 Å². The van der Waals surface area contributed by atoms with E-state index in [1.165, 1.54) is 29.1 Å². The summed E-state index contributed by atoms with van der Waals surface area (Å²) in [6.07, 6.45) is 8.11. The van der Waals surface area contributed by atoms with E-state index in [0.717, 1.165) is 25.1 Å². The van der Waals surface area contributed by atoms with Crippen LogP contribution in [0.2, 0.25) is 0 Å². The predicted octanol–water partition coefficient (Wildman–Crippen LogP) is 4.49. The third-order valence-corrected chi connectivity index (χ3v) is 6.98. The van der Waals surface area contributed by atoms with Crippen LogP contribution in [0.5, 0.6) is 0 Å². The van der Waals surface area contributed by atoms with Crippen molar-refractivity contribution in [2.24, 2.45) is 4.36 Å². The number of hydrogen-bond donors (Lipinski definition) is 1. The van der Waals surface area contributed by atoms with Crippen LogP contribution >= 0.6 is 0 Å². The maximum Gasteiger partial charge on any atom is 0.229 e. The van der Waals surface area contributed by atoms with E-state index in [-0.39, 0.29) is 0 Å². The Morgan fingerprint density at radius 1 is 1.21 bits per heavy atom. The van der Waals surface area contributed by atoms with Crippen molar-refractivity contribution in [3.63, 3.8) is 0 Å². The van der Waals surface area contributed by atoms with E-state index in [9.17, 15) is 8.60 Å². The Kier molecular flexibility index (Phi) is 4.72. The minimum Gasteiger partial charge on any atom is -0.324 e. The zero-order chi connectivity index (χ0) is 23.6. The zero-order valence-corrected chi connectivity index (χ0v) is 19.9. The van der Waals surface area contributed by atoms with E-state index >= 15 is 0 Å². The van der Waals surface area contributed by atoms with Crippen LogP contribution in [0.1, 0.15) is 29.2 Å². The molecule has 174 valence electrons. The average Bonchev–Trinajstić information content (AvgIpc) is 3.43. The number of nitrogens with zero attached hydrogens (tertiary/aromatic N) is 6. The lowest BCUT2D eigenvalue weighted by molar-refractivity contribution is 0.266. The van der Waals surface area contributed by atoms with Gasteiger partial charge in [-0.25, -0.2) is 18.6 Å². The van der Waals surface area contributed by atoms with Crippen molar-refractivity contribution in [3.05, 3.63) is 65.2 Å². The second-order valence-electron chi connectivity index (χ2n) is 9.21. The van der Waals surface area contributed by atoms with E-state index in [1.807, 2.05) is 0 Å². The van der Waals surface area contributed by atoms with E-state index in [2.05, 4.69) is 48.7 Å². The monoisotopic (exact) mass is 477 g/mol. The van der Waals surface area contributed by atoms with Gasteiger partial charge in [-0.1, -0.05) is 6.07 Å². The molecule has 3 aromatic heterocycles. The van der Waals surface area contributed by atoms with Gasteiger partial charge < -0.3 is 5.32 Å². The van der Waals surface area contributed by atoms with Crippen molar-refractivity contribution < 1.29 is 8.60 Å². The lowest BCUT2D eigenvalue weighted by Crippen LogP contribution is -2.14. The van der Waals surface area contributed by atoms with Crippen LogP contribution in [0.4, 0.5) is 21.8 Å². The average molecular weight is 478 g/mol. The number of anilines is 2. The number of nitrogens with one attached hydrogen (secondary N) is 1. The first kappa shape index (κ1) is 21.2. The molecule has 6 rings (SSSR count). The summed E-state index contributed by atoms with van der Waals surface area (Å²) in [6.45, 7) is 0.936. The third kappa shape index (κ3) is 3.63. The van der Waals surface area contributed by atoms with Gasteiger partial charge in [0.25, 0.3) is 0 Å². The molecule has 1 N–H and O–H groups in total. The van der Waals surface area contributed by atoms with Gasteiger partial charge >= 0.3 is 0 Å². The van der Waals surface area contributed by atoms with Crippen LogP contribution < -0.4 is 5.32 Å². The fraction of sp³-hybridized carbons (Fsp3) is 0.292. The molecule has 0 saturated heterocycles. The molecule has 1 aromatic carbocycles. The van der Waals surface area contributed by atoms with Crippen LogP contribution in [-0.2, 0) is 22.7 Å². The van der Waals surface area contributed by atoms with Gasteiger partial charge in [0, 0.05) is 52.9 Å². The number of fused-ring (bicyclic) bond motifs is 1. The highest BCUT2D eigenvalue weighted by Crippen LogP contribution is 2.44. The van der Waals surface area contributed by atoms with Crippen molar-refractivity contribution >= 4 is 38.2 Å². The smallest absolute Gasteiger partial charge is 0.229 e. The fourth-order valence-electron chi connectivity index (χ4n) is 5.03. The van der Waals surface area contributed by atoms with Gasteiger partial charge in [0.1, 0.15) is 5.82 Å². The molecule has 34 heavy (non-hydrogen) atoms. The molecule has 8 nitrogen and oxygen atoms in total. The van der Waals surface area contributed by atoms with Crippen LogP contribution in [0.25, 0.3) is 16.9 Å². The maximum atomic E-state index is 14.7. The van der Waals surface area contributed by atoms with E-state index in [1.54, 1.807) is 35.3 Å². The molecular formula is C24H24FN7OS. The van der Waals surface area contributed by atoms with E-state index < -0.39 is 15.5 Å². The molecule has 1 aliphatic heterocycles. The van der Waals surface area contributed by atoms with Gasteiger partial charge in [-0.15, -0.1) is 0 Å². The Labute approximate surface area is 197 Å². The number of aromatic nitrogens is 4. The van der Waals surface area contributed by atoms with Crippen LogP contribution in [0.3, 0.4) is 0 Å². The van der Waals surface area contributed by atoms with Gasteiger partial charge in [-0.05, 0) is 60.8 Å². The summed E-state index contributed by atoms with van der Waals surface area (Å²) in [7, 11) is -0.206. The van der Waals surface area contributed by atoms with Gasteiger partial charge in [0.05, 0.1) is 5.39 Å². The number of hydrogen-bond acceptors (Lipinski definition) is 7. The molecule has 1 atom stereocenters. The molecule has 0 spiro atoms. The maximum absolute atomic E-state index is 14.7. The summed E-state index contributed by atoms with van der Waals surface area (Å²) < 4.78 is 32.5. The molecule has 0 amide bonds. The van der Waals surface area contributed by atoms with Crippen LogP contribution in [-0.4, -0.2) is 48.2 Å². The highest BCUT2D eigenvalue weighted by atomic mass is 32.2. The quantitative estimate of drug-likeness (QED) is 0.466. The molecule has 0 saturated carbocycles. The molecule has 0 radical (unpaired) electrons. The number of halogens is 1. The normalized spacial score (nSPS) is 17.4. The minimum absolute atomic E-state index is 0.293. The molecular weight excluding hydrogens is 453 g/mol. The van der Waals surface area contributed by atoms with Crippen LogP contribution in [0.15, 0.2) is 47.1 Å². The minimum atomic E-state index is -2.37. The van der Waals surface area contributed by atoms with Crippen molar-refractivity contribution in [3.8, 4) is 5.82 Å². The lowest BCUT2D eigenvalue weighted by Gasteiger charge is -2.15. The SMILES string of the molecule is CN1Cc2cc(Nc3ncc4c(F)cn(-c5cccc(N=S(C)(C)=O)n5)c4n3)cc3c2C1CC3. The summed E-state index contributed by atoms with van der Waals surface area (Å²) in [5.41, 5.74) is 5.51. The number of benzene rings is 1. The molecule has 1 unspecified atom stereocenters. The lowest BCUT2D eigenvalue weighted by atomic mass is 10.0. The summed E-state index contributed by atoms with van der Waals surface area (Å²) in [5, 5.41) is 3.60. The topological polar surface area (TPSA) is 88.3 Å². The summed E-state index contributed by atoms with van der Waals surface area (Å²) in [6, 6.07) is 10.0. The standard InChI is InChI=1S/C24H24FN7OS/c1-31-12-15-10-16(9-14-7-8-19(31)22(14)15)27-24-26-11-17-18(25)13-32(23(17)29-24)21-6-4-5-20(28-21)30-34(2,3)33/h4-6,9-11,13,19H,7-8,12H2,1-3H3,(H,26,27,29). The second-order valence-corrected chi connectivity index (χ2v) is 11.8. The second kappa shape index (κ2) is 7.57. The fourth-order valence-corrected chi connectivity index (χ4v) is 5.58. The summed E-state index contributed by atoms with van der Waals surface area (Å²) in [5.74, 6) is 0.691. The zero-order valence-electron chi connectivity index (χ0n) is 19.1. The largest absolute Gasteiger partial charge is 0.324 e. The van der Waals surface area contributed by atoms with Crippen molar-refractivity contribution in [2.45, 2.75) is 25.4 Å². The van der Waals surface area contributed by atoms with Crippen molar-refractivity contribution in [1.29, 1.82) is 0 Å². The molecule has 0 bridgehead atoms. The first-order valence-electron chi connectivity index (χ1n) is 11.1. The Morgan fingerprint density at radius 2 is 2.03 bits per heavy atom. The summed E-state index contributed by atoms with van der Waals surface area (Å²) in [4.78, 5) is 15.8. The van der Waals surface area contributed by atoms with Crippen molar-refractivity contribution in [1.82, 2.24) is 24.4 Å². The molecule has 1 aliphatic carbocycles. The Bertz CT molecular complexity index is 1580. The number of aryl methyl sites for hydroxylation is 1.